The molecule has 3 heterocycles. The van der Waals surface area contributed by atoms with Crippen LogP contribution in [-0.4, -0.2) is 53.7 Å². The van der Waals surface area contributed by atoms with E-state index < -0.39 is 0 Å². The third-order valence-corrected chi connectivity index (χ3v) is 3.40. The van der Waals surface area contributed by atoms with Crippen LogP contribution in [0.1, 0.15) is 18.9 Å². The van der Waals surface area contributed by atoms with E-state index in [1.807, 2.05) is 15.8 Å². The van der Waals surface area contributed by atoms with Crippen molar-refractivity contribution in [3.8, 4) is 0 Å². The van der Waals surface area contributed by atoms with E-state index >= 15 is 0 Å². The first-order valence-electron chi connectivity index (χ1n) is 6.29. The number of aromatic nitrogens is 6. The average molecular weight is 261 g/mol. The van der Waals surface area contributed by atoms with Crippen molar-refractivity contribution in [3.63, 3.8) is 0 Å². The lowest BCUT2D eigenvalue weighted by Gasteiger charge is -2.31. The summed E-state index contributed by atoms with van der Waals surface area (Å²) in [6, 6.07) is 0.345. The Balaban J connectivity index is 1.54. The van der Waals surface area contributed by atoms with Gasteiger partial charge >= 0.3 is 0 Å². The Bertz CT molecular complexity index is 513. The molecular weight excluding hydrogens is 246 g/mol. The molecule has 1 saturated heterocycles. The van der Waals surface area contributed by atoms with E-state index in [2.05, 4.69) is 20.4 Å². The minimum absolute atomic E-state index is 0.0857. The van der Waals surface area contributed by atoms with Crippen LogP contribution in [0, 0.1) is 0 Å². The Morgan fingerprint density at radius 1 is 1.32 bits per heavy atom. The normalized spacial score (nSPS) is 16.7. The molecule has 0 spiro atoms. The zero-order chi connectivity index (χ0) is 13.1. The zero-order valence-electron chi connectivity index (χ0n) is 10.5. The Hall–Kier alpha value is -2.25. The molecule has 3 rings (SSSR count). The maximum atomic E-state index is 12.1. The fraction of sp³-hybridized carbons (Fsp3) is 0.545. The molecule has 1 amide bonds. The highest BCUT2D eigenvalue weighted by Crippen LogP contribution is 2.21. The SMILES string of the molecule is O=C(Cn1cncn1)N1CCC(n2ccnn2)CC1. The summed E-state index contributed by atoms with van der Waals surface area (Å²) in [5.41, 5.74) is 0. The zero-order valence-corrected chi connectivity index (χ0v) is 10.5. The molecule has 1 aliphatic heterocycles. The molecule has 0 bridgehead atoms. The third kappa shape index (κ3) is 2.61. The predicted molar refractivity (Wildman–Crippen MR) is 64.9 cm³/mol. The van der Waals surface area contributed by atoms with Gasteiger partial charge in [-0.25, -0.2) is 14.3 Å². The molecule has 19 heavy (non-hydrogen) atoms. The van der Waals surface area contributed by atoms with Gasteiger partial charge in [-0.1, -0.05) is 5.21 Å². The van der Waals surface area contributed by atoms with Crippen LogP contribution in [0.5, 0.6) is 0 Å². The van der Waals surface area contributed by atoms with Crippen LogP contribution in [0.3, 0.4) is 0 Å². The second-order valence-electron chi connectivity index (χ2n) is 4.59. The van der Waals surface area contributed by atoms with Gasteiger partial charge in [0, 0.05) is 19.3 Å². The number of hydrogen-bond acceptors (Lipinski definition) is 5. The summed E-state index contributed by atoms with van der Waals surface area (Å²) in [6.45, 7) is 1.75. The highest BCUT2D eigenvalue weighted by molar-refractivity contribution is 5.75. The molecule has 100 valence electrons. The first-order valence-corrected chi connectivity index (χ1v) is 6.29. The molecule has 8 heteroatoms. The van der Waals surface area contributed by atoms with Gasteiger partial charge in [-0.15, -0.1) is 5.10 Å². The summed E-state index contributed by atoms with van der Waals surface area (Å²) in [5, 5.41) is 11.8. The van der Waals surface area contributed by atoms with E-state index in [9.17, 15) is 4.79 Å². The smallest absolute Gasteiger partial charge is 0.244 e. The molecule has 0 unspecified atom stereocenters. The van der Waals surface area contributed by atoms with Crippen molar-refractivity contribution in [1.29, 1.82) is 0 Å². The van der Waals surface area contributed by atoms with Crippen LogP contribution < -0.4 is 0 Å². The van der Waals surface area contributed by atoms with Crippen molar-refractivity contribution in [1.82, 2.24) is 34.7 Å². The molecule has 0 saturated carbocycles. The largest absolute Gasteiger partial charge is 0.341 e. The summed E-state index contributed by atoms with van der Waals surface area (Å²) >= 11 is 0. The number of amides is 1. The lowest BCUT2D eigenvalue weighted by molar-refractivity contribution is -0.133. The van der Waals surface area contributed by atoms with E-state index in [-0.39, 0.29) is 12.5 Å². The number of hydrogen-bond donors (Lipinski definition) is 0. The highest BCUT2D eigenvalue weighted by atomic mass is 16.2. The van der Waals surface area contributed by atoms with Gasteiger partial charge in [0.25, 0.3) is 0 Å². The van der Waals surface area contributed by atoms with Gasteiger partial charge in [0.2, 0.25) is 5.91 Å². The summed E-state index contributed by atoms with van der Waals surface area (Å²) < 4.78 is 3.42. The van der Waals surface area contributed by atoms with E-state index in [4.69, 9.17) is 0 Å². The van der Waals surface area contributed by atoms with Gasteiger partial charge in [-0.05, 0) is 12.8 Å². The molecule has 1 aliphatic rings. The first-order chi connectivity index (χ1) is 9.33. The van der Waals surface area contributed by atoms with Crippen molar-refractivity contribution in [3.05, 3.63) is 25.0 Å². The van der Waals surface area contributed by atoms with E-state index in [1.54, 1.807) is 17.2 Å². The Labute approximate surface area is 110 Å². The number of rotatable bonds is 3. The third-order valence-electron chi connectivity index (χ3n) is 3.40. The molecule has 2 aromatic rings. The predicted octanol–water partition coefficient (Wildman–Crippen LogP) is -0.267. The van der Waals surface area contributed by atoms with E-state index in [0.29, 0.717) is 6.04 Å². The lowest BCUT2D eigenvalue weighted by Crippen LogP contribution is -2.40. The monoisotopic (exact) mass is 261 g/mol. The quantitative estimate of drug-likeness (QED) is 0.760. The van der Waals surface area contributed by atoms with Crippen LogP contribution in [-0.2, 0) is 11.3 Å². The minimum atomic E-state index is 0.0857. The Kier molecular flexibility index (Phi) is 3.21. The minimum Gasteiger partial charge on any atom is -0.341 e. The van der Waals surface area contributed by atoms with Gasteiger partial charge in [-0.3, -0.25) is 4.79 Å². The fourth-order valence-corrected chi connectivity index (χ4v) is 2.34. The van der Waals surface area contributed by atoms with Gasteiger partial charge in [0.05, 0.1) is 12.2 Å². The van der Waals surface area contributed by atoms with Crippen LogP contribution >= 0.6 is 0 Å². The molecule has 8 nitrogen and oxygen atoms in total. The molecular formula is C11H15N7O. The lowest BCUT2D eigenvalue weighted by atomic mass is 10.1. The molecule has 0 aromatic carbocycles. The number of likely N-dealkylation sites (tertiary alicyclic amines) is 1. The second-order valence-corrected chi connectivity index (χ2v) is 4.59. The number of nitrogens with zero attached hydrogens (tertiary/aromatic N) is 7. The van der Waals surface area contributed by atoms with Gasteiger partial charge in [-0.2, -0.15) is 5.10 Å². The van der Waals surface area contributed by atoms with Crippen molar-refractivity contribution < 1.29 is 4.79 Å². The molecule has 0 radical (unpaired) electrons. The van der Waals surface area contributed by atoms with Crippen LogP contribution in [0.25, 0.3) is 0 Å². The maximum Gasteiger partial charge on any atom is 0.244 e. The van der Waals surface area contributed by atoms with Crippen LogP contribution in [0.15, 0.2) is 25.0 Å². The van der Waals surface area contributed by atoms with Gasteiger partial charge in [0.1, 0.15) is 19.2 Å². The Morgan fingerprint density at radius 3 is 2.79 bits per heavy atom. The summed E-state index contributed by atoms with van der Waals surface area (Å²) in [7, 11) is 0. The van der Waals surface area contributed by atoms with Crippen LogP contribution in [0.4, 0.5) is 0 Å². The molecule has 0 N–H and O–H groups in total. The summed E-state index contributed by atoms with van der Waals surface area (Å²) in [6.07, 6.45) is 8.36. The number of carbonyl (C=O) groups is 1. The highest BCUT2D eigenvalue weighted by Gasteiger charge is 2.24. The maximum absolute atomic E-state index is 12.1. The van der Waals surface area contributed by atoms with Gasteiger partial charge in [0.15, 0.2) is 0 Å². The summed E-state index contributed by atoms with van der Waals surface area (Å²) in [4.78, 5) is 17.8. The van der Waals surface area contributed by atoms with E-state index in [0.717, 1.165) is 25.9 Å². The first kappa shape index (κ1) is 11.8. The molecule has 2 aromatic heterocycles. The van der Waals surface area contributed by atoms with Crippen molar-refractivity contribution in [2.24, 2.45) is 0 Å². The van der Waals surface area contributed by atoms with Crippen molar-refractivity contribution >= 4 is 5.91 Å². The number of carbonyl (C=O) groups excluding carboxylic acids is 1. The van der Waals surface area contributed by atoms with Crippen molar-refractivity contribution in [2.45, 2.75) is 25.4 Å². The van der Waals surface area contributed by atoms with E-state index in [1.165, 1.54) is 6.33 Å². The topological polar surface area (TPSA) is 81.7 Å². The molecule has 0 aliphatic carbocycles. The van der Waals surface area contributed by atoms with Crippen molar-refractivity contribution in [2.75, 3.05) is 13.1 Å². The number of piperidine rings is 1. The van der Waals surface area contributed by atoms with Gasteiger partial charge < -0.3 is 4.90 Å². The fourth-order valence-electron chi connectivity index (χ4n) is 2.34. The second kappa shape index (κ2) is 5.17. The molecule has 0 atom stereocenters. The molecule has 1 fully saturated rings. The van der Waals surface area contributed by atoms with Crippen LogP contribution in [0.2, 0.25) is 0 Å². The summed E-state index contributed by atoms with van der Waals surface area (Å²) in [5.74, 6) is 0.0857. The average Bonchev–Trinajstić information content (AvgIpc) is 3.12. The Morgan fingerprint density at radius 2 is 2.16 bits per heavy atom. The standard InChI is InChI=1S/C11H15N7O/c19-11(7-17-9-12-8-14-17)16-4-1-10(2-5-16)18-6-3-13-15-18/h3,6,8-10H,1-2,4-5,7H2.